The first-order valence-electron chi connectivity index (χ1n) is 5.28. The Balaban J connectivity index is 1.84. The first-order chi connectivity index (χ1) is 7.36. The SMILES string of the molecule is C/C(=C/OCC1CSC1)c1ccccc1. The van der Waals surface area contributed by atoms with E-state index in [1.54, 1.807) is 0 Å². The van der Waals surface area contributed by atoms with Crippen LogP contribution in [0.15, 0.2) is 36.6 Å². The molecule has 1 aliphatic rings. The lowest BCUT2D eigenvalue weighted by Crippen LogP contribution is -2.22. The highest BCUT2D eigenvalue weighted by Gasteiger charge is 2.17. The highest BCUT2D eigenvalue weighted by Crippen LogP contribution is 2.24. The molecule has 0 spiro atoms. The van der Waals surface area contributed by atoms with Crippen molar-refractivity contribution in [1.29, 1.82) is 0 Å². The van der Waals surface area contributed by atoms with Crippen LogP contribution in [0.25, 0.3) is 5.57 Å². The summed E-state index contributed by atoms with van der Waals surface area (Å²) in [4.78, 5) is 0. The van der Waals surface area contributed by atoms with Crippen LogP contribution in [0, 0.1) is 5.92 Å². The molecule has 1 heterocycles. The van der Waals surface area contributed by atoms with Gasteiger partial charge in [-0.05, 0) is 18.1 Å². The molecule has 2 rings (SSSR count). The summed E-state index contributed by atoms with van der Waals surface area (Å²) in [5.41, 5.74) is 2.43. The molecule has 0 bridgehead atoms. The van der Waals surface area contributed by atoms with Gasteiger partial charge in [0.2, 0.25) is 0 Å². The van der Waals surface area contributed by atoms with Crippen LogP contribution in [-0.2, 0) is 4.74 Å². The Labute approximate surface area is 95.5 Å². The maximum atomic E-state index is 5.58. The third-order valence-electron chi connectivity index (χ3n) is 2.53. The molecule has 2 heteroatoms. The number of benzene rings is 1. The van der Waals surface area contributed by atoms with E-state index >= 15 is 0 Å². The zero-order valence-corrected chi connectivity index (χ0v) is 9.80. The third kappa shape index (κ3) is 3.03. The number of allylic oxidation sites excluding steroid dienone is 1. The minimum Gasteiger partial charge on any atom is -0.501 e. The molecular formula is C13H16OS. The second-order valence-electron chi connectivity index (χ2n) is 3.90. The molecule has 0 aliphatic carbocycles. The lowest BCUT2D eigenvalue weighted by molar-refractivity contribution is 0.212. The first kappa shape index (κ1) is 10.6. The summed E-state index contributed by atoms with van der Waals surface area (Å²) in [5.74, 6) is 3.30. The van der Waals surface area contributed by atoms with Gasteiger partial charge in [-0.2, -0.15) is 11.8 Å². The minimum absolute atomic E-state index is 0.773. The van der Waals surface area contributed by atoms with E-state index in [1.165, 1.54) is 22.6 Å². The molecule has 1 nitrogen and oxygen atoms in total. The summed E-state index contributed by atoms with van der Waals surface area (Å²) in [6.07, 6.45) is 1.89. The maximum Gasteiger partial charge on any atom is 0.0917 e. The van der Waals surface area contributed by atoms with Crippen molar-refractivity contribution in [3.8, 4) is 0 Å². The highest BCUT2D eigenvalue weighted by atomic mass is 32.2. The van der Waals surface area contributed by atoms with Gasteiger partial charge in [-0.1, -0.05) is 30.3 Å². The first-order valence-corrected chi connectivity index (χ1v) is 6.43. The van der Waals surface area contributed by atoms with Crippen molar-refractivity contribution in [2.24, 2.45) is 5.92 Å². The van der Waals surface area contributed by atoms with Crippen LogP contribution in [0.1, 0.15) is 12.5 Å². The van der Waals surface area contributed by atoms with Crippen LogP contribution in [-0.4, -0.2) is 18.1 Å². The van der Waals surface area contributed by atoms with Crippen LogP contribution in [0.3, 0.4) is 0 Å². The van der Waals surface area contributed by atoms with Crippen molar-refractivity contribution < 1.29 is 4.74 Å². The summed E-state index contributed by atoms with van der Waals surface area (Å²) in [7, 11) is 0. The highest BCUT2D eigenvalue weighted by molar-refractivity contribution is 8.00. The van der Waals surface area contributed by atoms with E-state index in [-0.39, 0.29) is 0 Å². The normalized spacial score (nSPS) is 17.3. The van der Waals surface area contributed by atoms with Crippen LogP contribution >= 0.6 is 11.8 Å². The van der Waals surface area contributed by atoms with Crippen molar-refractivity contribution in [3.05, 3.63) is 42.2 Å². The summed E-state index contributed by atoms with van der Waals surface area (Å²) in [5, 5.41) is 0. The van der Waals surface area contributed by atoms with Crippen molar-refractivity contribution in [2.45, 2.75) is 6.92 Å². The lowest BCUT2D eigenvalue weighted by atomic mass is 10.1. The average molecular weight is 220 g/mol. The van der Waals surface area contributed by atoms with E-state index in [9.17, 15) is 0 Å². The van der Waals surface area contributed by atoms with Crippen molar-refractivity contribution in [2.75, 3.05) is 18.1 Å². The molecule has 1 aliphatic heterocycles. The Kier molecular flexibility index (Phi) is 3.73. The fraction of sp³-hybridized carbons (Fsp3) is 0.385. The Morgan fingerprint density at radius 3 is 2.73 bits per heavy atom. The smallest absolute Gasteiger partial charge is 0.0917 e. The van der Waals surface area contributed by atoms with Crippen molar-refractivity contribution in [3.63, 3.8) is 0 Å². The fourth-order valence-electron chi connectivity index (χ4n) is 1.46. The van der Waals surface area contributed by atoms with Gasteiger partial charge in [-0.25, -0.2) is 0 Å². The summed E-state index contributed by atoms with van der Waals surface area (Å²) in [6, 6.07) is 10.3. The maximum absolute atomic E-state index is 5.58. The number of rotatable bonds is 4. The van der Waals surface area contributed by atoms with E-state index < -0.39 is 0 Å². The predicted molar refractivity (Wildman–Crippen MR) is 66.9 cm³/mol. The molecule has 1 aromatic rings. The van der Waals surface area contributed by atoms with E-state index in [0.717, 1.165) is 12.5 Å². The summed E-state index contributed by atoms with van der Waals surface area (Å²) in [6.45, 7) is 2.96. The van der Waals surface area contributed by atoms with Gasteiger partial charge in [0.25, 0.3) is 0 Å². The number of hydrogen-bond donors (Lipinski definition) is 0. The van der Waals surface area contributed by atoms with Gasteiger partial charge in [0.15, 0.2) is 0 Å². The second-order valence-corrected chi connectivity index (χ2v) is 4.98. The monoisotopic (exact) mass is 220 g/mol. The van der Waals surface area contributed by atoms with Crippen LogP contribution in [0.2, 0.25) is 0 Å². The molecule has 80 valence electrons. The quantitative estimate of drug-likeness (QED) is 0.719. The Morgan fingerprint density at radius 2 is 2.13 bits per heavy atom. The molecule has 0 saturated carbocycles. The Bertz CT molecular complexity index is 328. The van der Waals surface area contributed by atoms with Crippen LogP contribution in [0.5, 0.6) is 0 Å². The van der Waals surface area contributed by atoms with E-state index in [2.05, 4.69) is 31.2 Å². The zero-order chi connectivity index (χ0) is 10.5. The zero-order valence-electron chi connectivity index (χ0n) is 8.98. The lowest BCUT2D eigenvalue weighted by Gasteiger charge is -2.23. The molecule has 15 heavy (non-hydrogen) atoms. The van der Waals surface area contributed by atoms with Gasteiger partial charge in [-0.15, -0.1) is 0 Å². The summed E-state index contributed by atoms with van der Waals surface area (Å²) < 4.78 is 5.58. The largest absolute Gasteiger partial charge is 0.501 e. The predicted octanol–water partition coefficient (Wildman–Crippen LogP) is 3.43. The standard InChI is InChI=1S/C13H16OS/c1-11(13-5-3-2-4-6-13)7-14-8-12-9-15-10-12/h2-7,12H,8-10H2,1H3/b11-7-. The molecule has 0 radical (unpaired) electrons. The number of thioether (sulfide) groups is 1. The molecule has 0 unspecified atom stereocenters. The van der Waals surface area contributed by atoms with Crippen LogP contribution < -0.4 is 0 Å². The van der Waals surface area contributed by atoms with Gasteiger partial charge in [0.1, 0.15) is 0 Å². The molecule has 0 N–H and O–H groups in total. The van der Waals surface area contributed by atoms with E-state index in [0.29, 0.717) is 0 Å². The summed E-state index contributed by atoms with van der Waals surface area (Å²) >= 11 is 2.00. The Morgan fingerprint density at radius 1 is 1.40 bits per heavy atom. The topological polar surface area (TPSA) is 9.23 Å². The van der Waals surface area contributed by atoms with Gasteiger partial charge in [0, 0.05) is 17.4 Å². The van der Waals surface area contributed by atoms with Gasteiger partial charge < -0.3 is 4.74 Å². The molecule has 1 aromatic carbocycles. The van der Waals surface area contributed by atoms with Crippen LogP contribution in [0.4, 0.5) is 0 Å². The van der Waals surface area contributed by atoms with Gasteiger partial charge >= 0.3 is 0 Å². The molecule has 1 fully saturated rings. The number of hydrogen-bond acceptors (Lipinski definition) is 2. The fourth-order valence-corrected chi connectivity index (χ4v) is 2.22. The van der Waals surface area contributed by atoms with E-state index in [4.69, 9.17) is 4.74 Å². The van der Waals surface area contributed by atoms with Gasteiger partial charge in [0.05, 0.1) is 12.9 Å². The molecule has 0 atom stereocenters. The minimum atomic E-state index is 0.773. The van der Waals surface area contributed by atoms with Crippen molar-refractivity contribution >= 4 is 17.3 Å². The second kappa shape index (κ2) is 5.26. The molecule has 1 saturated heterocycles. The molecule has 0 amide bonds. The van der Waals surface area contributed by atoms with Crippen molar-refractivity contribution in [1.82, 2.24) is 0 Å². The molecule has 0 aromatic heterocycles. The van der Waals surface area contributed by atoms with Gasteiger partial charge in [-0.3, -0.25) is 0 Å². The molecular weight excluding hydrogens is 204 g/mol. The third-order valence-corrected chi connectivity index (χ3v) is 3.94. The Hall–Kier alpha value is -0.890. The average Bonchev–Trinajstić information content (AvgIpc) is 2.23. The number of ether oxygens (including phenoxy) is 1. The van der Waals surface area contributed by atoms with E-state index in [1.807, 2.05) is 24.1 Å².